The lowest BCUT2D eigenvalue weighted by atomic mass is 10.2. The first-order valence-corrected chi connectivity index (χ1v) is 3.55. The van der Waals surface area contributed by atoms with Gasteiger partial charge in [0.1, 0.15) is 5.69 Å². The van der Waals surface area contributed by atoms with Crippen molar-refractivity contribution in [2.75, 3.05) is 0 Å². The lowest BCUT2D eigenvalue weighted by molar-refractivity contribution is 0.110. The van der Waals surface area contributed by atoms with Crippen molar-refractivity contribution in [3.05, 3.63) is 36.0 Å². The van der Waals surface area contributed by atoms with E-state index < -0.39 is 0 Å². The molecule has 1 aromatic heterocycles. The summed E-state index contributed by atoms with van der Waals surface area (Å²) in [4.78, 5) is 10.7. The minimum Gasteiger partial charge on any atom is -0.296 e. The monoisotopic (exact) mass is 163 g/mol. The fourth-order valence-corrected chi connectivity index (χ4v) is 1.22. The maximum atomic E-state index is 13.1. The first kappa shape index (κ1) is 7.03. The molecule has 0 fully saturated rings. The maximum absolute atomic E-state index is 13.1. The Labute approximate surface area is 68.2 Å². The molecule has 12 heavy (non-hydrogen) atoms. The maximum Gasteiger partial charge on any atom is 0.169 e. The van der Waals surface area contributed by atoms with Crippen molar-refractivity contribution in [3.63, 3.8) is 0 Å². The number of hydrogen-bond donors (Lipinski definition) is 0. The van der Waals surface area contributed by atoms with Crippen LogP contribution < -0.4 is 0 Å². The smallest absolute Gasteiger partial charge is 0.169 e. The van der Waals surface area contributed by atoms with Crippen molar-refractivity contribution in [2.24, 2.45) is 0 Å². The molecular formula is C9H6FNO. The topological polar surface area (TPSA) is 22.0 Å². The summed E-state index contributed by atoms with van der Waals surface area (Å²) in [5.41, 5.74) is 0.482. The standard InChI is InChI=1S/C9H6FNO/c10-11-8(6-12)5-7-3-1-2-4-9(7)11/h1-6H. The van der Waals surface area contributed by atoms with Gasteiger partial charge in [0.25, 0.3) is 0 Å². The minimum atomic E-state index is 0.0520. The van der Waals surface area contributed by atoms with Crippen LogP contribution >= 0.6 is 0 Å². The largest absolute Gasteiger partial charge is 0.296 e. The van der Waals surface area contributed by atoms with Gasteiger partial charge in [0, 0.05) is 5.39 Å². The van der Waals surface area contributed by atoms with E-state index in [-0.39, 0.29) is 5.69 Å². The minimum absolute atomic E-state index is 0.0520. The van der Waals surface area contributed by atoms with Crippen LogP contribution in [0.2, 0.25) is 0 Å². The van der Waals surface area contributed by atoms with Crippen molar-refractivity contribution in [1.82, 2.24) is 4.79 Å². The first-order chi connectivity index (χ1) is 5.83. The zero-order chi connectivity index (χ0) is 8.55. The molecule has 2 aromatic rings. The molecule has 2 rings (SSSR count). The van der Waals surface area contributed by atoms with Gasteiger partial charge in [-0.2, -0.15) is 4.79 Å². The van der Waals surface area contributed by atoms with Gasteiger partial charge in [0.05, 0.1) is 5.52 Å². The number of rotatable bonds is 1. The second kappa shape index (κ2) is 2.44. The van der Waals surface area contributed by atoms with Gasteiger partial charge in [-0.05, 0) is 12.1 Å². The molecule has 0 aliphatic heterocycles. The van der Waals surface area contributed by atoms with Gasteiger partial charge >= 0.3 is 0 Å². The third-order valence-corrected chi connectivity index (χ3v) is 1.80. The number of carbonyl (C=O) groups is 1. The van der Waals surface area contributed by atoms with Gasteiger partial charge in [0.15, 0.2) is 6.29 Å². The predicted molar refractivity (Wildman–Crippen MR) is 43.8 cm³/mol. The van der Waals surface area contributed by atoms with E-state index in [2.05, 4.69) is 0 Å². The lowest BCUT2D eigenvalue weighted by Crippen LogP contribution is -1.87. The predicted octanol–water partition coefficient (Wildman–Crippen LogP) is 2.19. The molecule has 0 aliphatic carbocycles. The Morgan fingerprint density at radius 2 is 2.08 bits per heavy atom. The summed E-state index contributed by atoms with van der Waals surface area (Å²) < 4.78 is 13.1. The quantitative estimate of drug-likeness (QED) is 0.590. The van der Waals surface area contributed by atoms with Crippen molar-refractivity contribution in [3.8, 4) is 0 Å². The second-order valence-corrected chi connectivity index (χ2v) is 2.53. The number of hydrogen-bond acceptors (Lipinski definition) is 1. The van der Waals surface area contributed by atoms with Gasteiger partial charge in [-0.3, -0.25) is 4.79 Å². The highest BCUT2D eigenvalue weighted by molar-refractivity contribution is 5.88. The molecule has 0 saturated heterocycles. The highest BCUT2D eigenvalue weighted by Gasteiger charge is 2.05. The Hall–Kier alpha value is -1.64. The van der Waals surface area contributed by atoms with Gasteiger partial charge in [-0.1, -0.05) is 22.7 Å². The summed E-state index contributed by atoms with van der Waals surface area (Å²) in [6, 6.07) is 8.44. The first-order valence-electron chi connectivity index (χ1n) is 3.55. The summed E-state index contributed by atoms with van der Waals surface area (Å²) in [6.07, 6.45) is 0.500. The Kier molecular flexibility index (Phi) is 1.43. The van der Waals surface area contributed by atoms with Crippen LogP contribution in [0, 0.1) is 0 Å². The van der Waals surface area contributed by atoms with Crippen LogP contribution in [0.4, 0.5) is 4.48 Å². The Morgan fingerprint density at radius 1 is 1.33 bits per heavy atom. The van der Waals surface area contributed by atoms with Crippen molar-refractivity contribution < 1.29 is 9.28 Å². The van der Waals surface area contributed by atoms with Gasteiger partial charge in [-0.25, -0.2) is 0 Å². The van der Waals surface area contributed by atoms with Crippen molar-refractivity contribution in [1.29, 1.82) is 0 Å². The van der Waals surface area contributed by atoms with Crippen molar-refractivity contribution in [2.45, 2.75) is 0 Å². The van der Waals surface area contributed by atoms with Crippen LogP contribution in [0.25, 0.3) is 10.9 Å². The van der Waals surface area contributed by atoms with Gasteiger partial charge in [-0.15, -0.1) is 0 Å². The molecule has 0 bridgehead atoms. The lowest BCUT2D eigenvalue weighted by Gasteiger charge is -1.90. The summed E-state index contributed by atoms with van der Waals surface area (Å²) >= 11 is 0. The molecule has 0 radical (unpaired) electrons. The SMILES string of the molecule is O=Cc1cc2ccccc2n1F. The molecule has 0 N–H and O–H groups in total. The third-order valence-electron chi connectivity index (χ3n) is 1.80. The fourth-order valence-electron chi connectivity index (χ4n) is 1.22. The molecule has 0 spiro atoms. The van der Waals surface area contributed by atoms with E-state index in [0.29, 0.717) is 16.6 Å². The van der Waals surface area contributed by atoms with Gasteiger partial charge in [0.2, 0.25) is 0 Å². The Balaban J connectivity index is 2.87. The summed E-state index contributed by atoms with van der Waals surface area (Å²) in [5.74, 6) is 0. The van der Waals surface area contributed by atoms with E-state index in [0.717, 1.165) is 5.39 Å². The van der Waals surface area contributed by atoms with E-state index in [1.165, 1.54) is 6.07 Å². The number of benzene rings is 1. The molecule has 1 aromatic carbocycles. The van der Waals surface area contributed by atoms with Crippen LogP contribution in [0.5, 0.6) is 0 Å². The number of aromatic nitrogens is 1. The number of carbonyl (C=O) groups excluding carboxylic acids is 1. The Bertz CT molecular complexity index is 433. The molecule has 0 saturated carbocycles. The van der Waals surface area contributed by atoms with Crippen LogP contribution in [-0.4, -0.2) is 11.1 Å². The zero-order valence-corrected chi connectivity index (χ0v) is 6.20. The molecule has 0 unspecified atom stereocenters. The number of fused-ring (bicyclic) bond motifs is 1. The summed E-state index contributed by atoms with van der Waals surface area (Å²) in [6.45, 7) is 0. The van der Waals surface area contributed by atoms with E-state index in [1.54, 1.807) is 24.3 Å². The fraction of sp³-hybridized carbons (Fsp3) is 0. The third kappa shape index (κ3) is 0.830. The number of para-hydroxylation sites is 1. The number of aldehydes is 1. The van der Waals surface area contributed by atoms with E-state index >= 15 is 0 Å². The number of halogens is 1. The highest BCUT2D eigenvalue weighted by Crippen LogP contribution is 2.17. The highest BCUT2D eigenvalue weighted by atomic mass is 19.2. The van der Waals surface area contributed by atoms with E-state index in [1.807, 2.05) is 0 Å². The molecule has 1 heterocycles. The average molecular weight is 163 g/mol. The molecule has 2 nitrogen and oxygen atoms in total. The van der Waals surface area contributed by atoms with Crippen LogP contribution in [0.3, 0.4) is 0 Å². The van der Waals surface area contributed by atoms with Crippen LogP contribution in [0.1, 0.15) is 10.5 Å². The summed E-state index contributed by atoms with van der Waals surface area (Å²) in [5, 5.41) is 0.738. The number of nitrogens with zero attached hydrogens (tertiary/aromatic N) is 1. The average Bonchev–Trinajstić information content (AvgIpc) is 2.44. The van der Waals surface area contributed by atoms with Crippen molar-refractivity contribution >= 4 is 17.2 Å². The molecular weight excluding hydrogens is 157 g/mol. The molecule has 0 amide bonds. The molecule has 0 atom stereocenters. The molecule has 60 valence electrons. The Morgan fingerprint density at radius 3 is 2.75 bits per heavy atom. The summed E-state index contributed by atoms with van der Waals surface area (Å²) in [7, 11) is 0. The van der Waals surface area contributed by atoms with E-state index in [4.69, 9.17) is 0 Å². The van der Waals surface area contributed by atoms with E-state index in [9.17, 15) is 9.28 Å². The zero-order valence-electron chi connectivity index (χ0n) is 6.20. The van der Waals surface area contributed by atoms with Crippen LogP contribution in [0.15, 0.2) is 30.3 Å². The second-order valence-electron chi connectivity index (χ2n) is 2.53. The van der Waals surface area contributed by atoms with Gasteiger partial charge < -0.3 is 0 Å². The molecule has 3 heteroatoms. The normalized spacial score (nSPS) is 10.4. The van der Waals surface area contributed by atoms with Crippen LogP contribution in [-0.2, 0) is 0 Å². The molecule has 0 aliphatic rings.